The molecule has 0 saturated heterocycles. The Labute approximate surface area is 244 Å². The minimum Gasteiger partial charge on any atom is -0.464 e. The Morgan fingerprint density at radius 3 is 2.14 bits per heavy atom. The van der Waals surface area contributed by atoms with Crippen LogP contribution in [0.15, 0.2) is 24.6 Å². The van der Waals surface area contributed by atoms with Gasteiger partial charge in [-0.05, 0) is 24.7 Å². The molecule has 4 N–H and O–H groups in total. The van der Waals surface area contributed by atoms with Gasteiger partial charge in [0.15, 0.2) is 29.8 Å². The average Bonchev–Trinajstić information content (AvgIpc) is 3.54. The molecule has 16 heteroatoms. The summed E-state index contributed by atoms with van der Waals surface area (Å²) in [5, 5.41) is 5.63. The third-order valence-electron chi connectivity index (χ3n) is 6.09. The van der Waals surface area contributed by atoms with Crippen LogP contribution in [0.1, 0.15) is 60.6 Å². The van der Waals surface area contributed by atoms with Gasteiger partial charge in [-0.25, -0.2) is 29.5 Å². The van der Waals surface area contributed by atoms with E-state index in [4.69, 9.17) is 24.7 Å². The highest BCUT2D eigenvalue weighted by atomic mass is 31.2. The number of esters is 2. The number of hydrogen-bond acceptors (Lipinski definition) is 11. The van der Waals surface area contributed by atoms with Crippen LogP contribution in [0.4, 0.5) is 10.2 Å². The second-order valence-electron chi connectivity index (χ2n) is 10.8. The fourth-order valence-corrected chi connectivity index (χ4v) is 6.05. The number of nitrogen functional groups attached to an aromatic ring is 1. The Balaban J connectivity index is 1.77. The summed E-state index contributed by atoms with van der Waals surface area (Å²) < 4.78 is 52.7. The standard InChI is InChI=1S/C26H41FN7O7P/c1-7-18(25(35)38-10-15(3)4)32-42(37,33-19(8-2)26(36)39-11-16(5)6)14-40-20-9-17(27)24(41-20)34-13-31-21-22(28)29-12-30-23(21)34/h9,12-13,15-16,18-20,24H,7-8,10-11,14H2,1-6H3,(H2,28,29,30)(H2,32,33,37)/t18-,19-,20-,24+/m0/s1. The molecule has 234 valence electrons. The Morgan fingerprint density at radius 1 is 1.05 bits per heavy atom. The summed E-state index contributed by atoms with van der Waals surface area (Å²) in [6, 6.07) is -1.94. The average molecular weight is 614 g/mol. The second kappa shape index (κ2) is 15.0. The first-order chi connectivity index (χ1) is 19.9. The zero-order chi connectivity index (χ0) is 31.0. The summed E-state index contributed by atoms with van der Waals surface area (Å²) in [6.07, 6.45) is 1.01. The van der Waals surface area contributed by atoms with E-state index < -0.39 is 56.2 Å². The Bertz CT molecular complexity index is 1270. The topological polar surface area (TPSA) is 182 Å². The van der Waals surface area contributed by atoms with E-state index >= 15 is 4.39 Å². The van der Waals surface area contributed by atoms with Crippen LogP contribution in [0.2, 0.25) is 0 Å². The number of fused-ring (bicyclic) bond motifs is 1. The van der Waals surface area contributed by atoms with Gasteiger partial charge < -0.3 is 24.7 Å². The van der Waals surface area contributed by atoms with E-state index in [0.717, 1.165) is 6.08 Å². The lowest BCUT2D eigenvalue weighted by Crippen LogP contribution is -2.45. The molecule has 2 aromatic heterocycles. The SMILES string of the molecule is CC[C@H](NP(=O)(CO[C@@H]1C=C(F)[C@H](n2cnc3c(N)ncnc32)O1)N[C@@H](CC)C(=O)OCC(C)C)C(=O)OCC(C)C. The number of carbonyl (C=O) groups excluding carboxylic acids is 2. The largest absolute Gasteiger partial charge is 0.464 e. The number of rotatable bonds is 16. The van der Waals surface area contributed by atoms with Crippen molar-refractivity contribution >= 4 is 36.4 Å². The molecule has 0 aliphatic carbocycles. The first-order valence-corrected chi connectivity index (χ1v) is 15.8. The number of imidazole rings is 1. The molecule has 0 unspecified atom stereocenters. The number of nitrogens with one attached hydrogen (secondary N) is 2. The van der Waals surface area contributed by atoms with Gasteiger partial charge in [0.1, 0.15) is 30.3 Å². The van der Waals surface area contributed by atoms with Gasteiger partial charge in [-0.3, -0.25) is 18.7 Å². The summed E-state index contributed by atoms with van der Waals surface area (Å²) in [6.45, 7) is 11.4. The van der Waals surface area contributed by atoms with Crippen molar-refractivity contribution in [2.75, 3.05) is 25.3 Å². The van der Waals surface area contributed by atoms with Crippen LogP contribution < -0.4 is 15.9 Å². The van der Waals surface area contributed by atoms with E-state index in [0.29, 0.717) is 0 Å². The molecule has 0 radical (unpaired) electrons. The maximum atomic E-state index is 15.0. The molecule has 14 nitrogen and oxygen atoms in total. The molecule has 1 aliphatic heterocycles. The van der Waals surface area contributed by atoms with Crippen LogP contribution in [0.3, 0.4) is 0 Å². The van der Waals surface area contributed by atoms with Crippen LogP contribution in [0.5, 0.6) is 0 Å². The predicted octanol–water partition coefficient (Wildman–Crippen LogP) is 3.42. The summed E-state index contributed by atoms with van der Waals surface area (Å²) in [5.41, 5.74) is 6.36. The molecule has 0 spiro atoms. The first-order valence-electron chi connectivity index (χ1n) is 13.9. The van der Waals surface area contributed by atoms with E-state index in [-0.39, 0.29) is 54.9 Å². The number of aromatic nitrogens is 4. The molecule has 3 heterocycles. The van der Waals surface area contributed by atoms with Gasteiger partial charge in [0.25, 0.3) is 0 Å². The molecular weight excluding hydrogens is 572 g/mol. The number of halogens is 1. The molecular formula is C26H41FN7O7P. The lowest BCUT2D eigenvalue weighted by atomic mass is 10.2. The van der Waals surface area contributed by atoms with Gasteiger partial charge in [-0.2, -0.15) is 0 Å². The third kappa shape index (κ3) is 8.77. The molecule has 0 bridgehead atoms. The fraction of sp³-hybridized carbons (Fsp3) is 0.654. The van der Waals surface area contributed by atoms with Gasteiger partial charge in [-0.1, -0.05) is 41.5 Å². The van der Waals surface area contributed by atoms with Gasteiger partial charge in [0.2, 0.25) is 7.44 Å². The van der Waals surface area contributed by atoms with Crippen LogP contribution in [-0.4, -0.2) is 69.4 Å². The van der Waals surface area contributed by atoms with E-state index in [9.17, 15) is 14.2 Å². The van der Waals surface area contributed by atoms with Crippen LogP contribution in [-0.2, 0) is 33.1 Å². The van der Waals surface area contributed by atoms with Gasteiger partial charge in [-0.15, -0.1) is 0 Å². The van der Waals surface area contributed by atoms with E-state index in [1.807, 2.05) is 27.7 Å². The monoisotopic (exact) mass is 613 g/mol. The zero-order valence-corrected chi connectivity index (χ0v) is 25.7. The number of hydrogen-bond donors (Lipinski definition) is 3. The molecule has 3 rings (SSSR count). The number of carbonyl (C=O) groups is 2. The molecule has 0 fully saturated rings. The molecule has 4 atom stereocenters. The molecule has 1 aliphatic rings. The molecule has 2 aromatic rings. The van der Waals surface area contributed by atoms with E-state index in [1.165, 1.54) is 17.2 Å². The van der Waals surface area contributed by atoms with Crippen molar-refractivity contribution in [2.45, 2.75) is 79.0 Å². The van der Waals surface area contributed by atoms with Crippen molar-refractivity contribution in [3.8, 4) is 0 Å². The molecule has 42 heavy (non-hydrogen) atoms. The van der Waals surface area contributed by atoms with E-state index in [2.05, 4.69) is 25.1 Å². The Kier molecular flexibility index (Phi) is 11.9. The highest BCUT2D eigenvalue weighted by Gasteiger charge is 2.37. The van der Waals surface area contributed by atoms with Crippen molar-refractivity contribution in [3.05, 3.63) is 24.6 Å². The fourth-order valence-electron chi connectivity index (χ4n) is 3.88. The summed E-state index contributed by atoms with van der Waals surface area (Å²) in [4.78, 5) is 37.6. The highest BCUT2D eigenvalue weighted by Crippen LogP contribution is 2.41. The van der Waals surface area contributed by atoms with Crippen molar-refractivity contribution < 1.29 is 37.5 Å². The van der Waals surface area contributed by atoms with Crippen LogP contribution in [0.25, 0.3) is 11.2 Å². The summed E-state index contributed by atoms with van der Waals surface area (Å²) in [7, 11) is -3.88. The number of nitrogens with zero attached hydrogens (tertiary/aromatic N) is 4. The maximum absolute atomic E-state index is 15.0. The molecule has 0 aromatic carbocycles. The lowest BCUT2D eigenvalue weighted by Gasteiger charge is -2.29. The quantitative estimate of drug-likeness (QED) is 0.185. The number of anilines is 1. The first kappa shape index (κ1) is 33.5. The third-order valence-corrected chi connectivity index (χ3v) is 8.06. The van der Waals surface area contributed by atoms with Crippen molar-refractivity contribution in [3.63, 3.8) is 0 Å². The maximum Gasteiger partial charge on any atom is 0.323 e. The van der Waals surface area contributed by atoms with E-state index in [1.54, 1.807) is 13.8 Å². The summed E-state index contributed by atoms with van der Waals surface area (Å²) >= 11 is 0. The van der Waals surface area contributed by atoms with Gasteiger partial charge in [0, 0.05) is 6.08 Å². The highest BCUT2D eigenvalue weighted by molar-refractivity contribution is 7.59. The van der Waals surface area contributed by atoms with Crippen molar-refractivity contribution in [2.24, 2.45) is 11.8 Å². The second-order valence-corrected chi connectivity index (χ2v) is 13.0. The minimum atomic E-state index is -3.88. The van der Waals surface area contributed by atoms with Crippen LogP contribution in [0, 0.1) is 11.8 Å². The Hall–Kier alpha value is -2.97. The van der Waals surface area contributed by atoms with Crippen molar-refractivity contribution in [1.82, 2.24) is 29.7 Å². The lowest BCUT2D eigenvalue weighted by molar-refractivity contribution is -0.147. The van der Waals surface area contributed by atoms with Crippen molar-refractivity contribution in [1.29, 1.82) is 0 Å². The molecule has 0 saturated carbocycles. The molecule has 0 amide bonds. The number of ether oxygens (including phenoxy) is 4. The minimum absolute atomic E-state index is 0.101. The smallest absolute Gasteiger partial charge is 0.323 e. The number of nitrogens with two attached hydrogens (primary N) is 1. The zero-order valence-electron chi connectivity index (χ0n) is 24.8. The normalized spacial score (nSPS) is 18.8. The van der Waals surface area contributed by atoms with Gasteiger partial charge in [0.05, 0.1) is 19.5 Å². The predicted molar refractivity (Wildman–Crippen MR) is 152 cm³/mol. The van der Waals surface area contributed by atoms with Crippen LogP contribution >= 0.6 is 7.44 Å². The van der Waals surface area contributed by atoms with Gasteiger partial charge >= 0.3 is 11.9 Å². The summed E-state index contributed by atoms with van der Waals surface area (Å²) in [5.74, 6) is -1.56. The Morgan fingerprint density at radius 2 is 1.62 bits per heavy atom.